The van der Waals surface area contributed by atoms with Crippen molar-refractivity contribution in [2.24, 2.45) is 5.92 Å². The molecule has 120 valence electrons. The SMILES string of the molecule is Cc1cccc(NC(=O)C2CC2c2ccccc2C(F)(F)F)c1. The van der Waals surface area contributed by atoms with Crippen LogP contribution in [0.2, 0.25) is 0 Å². The van der Waals surface area contributed by atoms with Crippen LogP contribution >= 0.6 is 0 Å². The molecule has 0 spiro atoms. The summed E-state index contributed by atoms with van der Waals surface area (Å²) >= 11 is 0. The van der Waals surface area contributed by atoms with Gasteiger partial charge in [-0.1, -0.05) is 30.3 Å². The van der Waals surface area contributed by atoms with E-state index in [1.807, 2.05) is 25.1 Å². The van der Waals surface area contributed by atoms with Crippen LogP contribution in [0, 0.1) is 12.8 Å². The first-order valence-electron chi connectivity index (χ1n) is 7.40. The average Bonchev–Trinajstić information content (AvgIpc) is 3.27. The zero-order valence-corrected chi connectivity index (χ0v) is 12.5. The Balaban J connectivity index is 1.74. The first-order valence-corrected chi connectivity index (χ1v) is 7.40. The lowest BCUT2D eigenvalue weighted by Gasteiger charge is -2.12. The third kappa shape index (κ3) is 3.38. The minimum atomic E-state index is -4.39. The van der Waals surface area contributed by atoms with Gasteiger partial charge in [-0.05, 0) is 48.6 Å². The van der Waals surface area contributed by atoms with Gasteiger partial charge in [0, 0.05) is 11.6 Å². The summed E-state index contributed by atoms with van der Waals surface area (Å²) in [6.07, 6.45) is -3.94. The summed E-state index contributed by atoms with van der Waals surface area (Å²) in [5.74, 6) is -0.991. The van der Waals surface area contributed by atoms with Gasteiger partial charge in [0.05, 0.1) is 5.56 Å². The summed E-state index contributed by atoms with van der Waals surface area (Å²) in [5.41, 5.74) is 1.25. The maximum atomic E-state index is 13.1. The van der Waals surface area contributed by atoms with E-state index in [0.29, 0.717) is 12.1 Å². The number of nitrogens with one attached hydrogen (secondary N) is 1. The first-order chi connectivity index (χ1) is 10.9. The van der Waals surface area contributed by atoms with E-state index in [9.17, 15) is 18.0 Å². The second kappa shape index (κ2) is 5.72. The highest BCUT2D eigenvalue weighted by Gasteiger charge is 2.47. The number of carbonyl (C=O) groups excluding carboxylic acids is 1. The molecule has 1 fully saturated rings. The third-order valence-electron chi connectivity index (χ3n) is 4.08. The molecule has 0 radical (unpaired) electrons. The lowest BCUT2D eigenvalue weighted by atomic mass is 10.0. The van der Waals surface area contributed by atoms with E-state index in [-0.39, 0.29) is 17.4 Å². The summed E-state index contributed by atoms with van der Waals surface area (Å²) in [6, 6.07) is 12.8. The van der Waals surface area contributed by atoms with Crippen molar-refractivity contribution in [1.29, 1.82) is 0 Å². The van der Waals surface area contributed by atoms with Crippen LogP contribution in [0.25, 0.3) is 0 Å². The van der Waals surface area contributed by atoms with Gasteiger partial charge in [0.1, 0.15) is 0 Å². The highest BCUT2D eigenvalue weighted by atomic mass is 19.4. The van der Waals surface area contributed by atoms with E-state index >= 15 is 0 Å². The molecule has 23 heavy (non-hydrogen) atoms. The number of halogens is 3. The average molecular weight is 319 g/mol. The van der Waals surface area contributed by atoms with E-state index in [2.05, 4.69) is 5.32 Å². The summed E-state index contributed by atoms with van der Waals surface area (Å²) in [4.78, 5) is 12.2. The van der Waals surface area contributed by atoms with Crippen molar-refractivity contribution in [1.82, 2.24) is 0 Å². The number of benzene rings is 2. The van der Waals surface area contributed by atoms with E-state index in [0.717, 1.165) is 11.6 Å². The van der Waals surface area contributed by atoms with Crippen molar-refractivity contribution >= 4 is 11.6 Å². The predicted molar refractivity (Wildman–Crippen MR) is 82.1 cm³/mol. The summed E-state index contributed by atoms with van der Waals surface area (Å²) < 4.78 is 39.2. The van der Waals surface area contributed by atoms with Crippen molar-refractivity contribution in [2.45, 2.75) is 25.4 Å². The van der Waals surface area contributed by atoms with Crippen molar-refractivity contribution < 1.29 is 18.0 Å². The highest BCUT2D eigenvalue weighted by Crippen LogP contribution is 2.51. The molecular weight excluding hydrogens is 303 g/mol. The van der Waals surface area contributed by atoms with Crippen molar-refractivity contribution in [3.05, 3.63) is 65.2 Å². The van der Waals surface area contributed by atoms with Crippen molar-refractivity contribution in [3.63, 3.8) is 0 Å². The van der Waals surface area contributed by atoms with Gasteiger partial charge in [-0.3, -0.25) is 4.79 Å². The number of alkyl halides is 3. The molecule has 1 amide bonds. The quantitative estimate of drug-likeness (QED) is 0.868. The largest absolute Gasteiger partial charge is 0.416 e. The first kappa shape index (κ1) is 15.6. The topological polar surface area (TPSA) is 29.1 Å². The van der Waals surface area contributed by atoms with Crippen LogP contribution in [0.1, 0.15) is 29.0 Å². The fourth-order valence-electron chi connectivity index (χ4n) is 2.86. The molecule has 1 N–H and O–H groups in total. The molecule has 0 saturated heterocycles. The molecule has 2 unspecified atom stereocenters. The van der Waals surface area contributed by atoms with Crippen LogP contribution in [0.3, 0.4) is 0 Å². The van der Waals surface area contributed by atoms with Gasteiger partial charge < -0.3 is 5.32 Å². The zero-order valence-electron chi connectivity index (χ0n) is 12.5. The second-order valence-corrected chi connectivity index (χ2v) is 5.89. The number of aryl methyl sites for hydroxylation is 1. The molecular formula is C18H16F3NO. The summed E-state index contributed by atoms with van der Waals surface area (Å²) in [6.45, 7) is 1.91. The van der Waals surface area contributed by atoms with Gasteiger partial charge in [0.2, 0.25) is 5.91 Å². The second-order valence-electron chi connectivity index (χ2n) is 5.89. The Hall–Kier alpha value is -2.30. The highest BCUT2D eigenvalue weighted by molar-refractivity contribution is 5.95. The third-order valence-corrected chi connectivity index (χ3v) is 4.08. The molecule has 0 bridgehead atoms. The van der Waals surface area contributed by atoms with Gasteiger partial charge in [0.15, 0.2) is 0 Å². The van der Waals surface area contributed by atoms with Crippen LogP contribution in [-0.4, -0.2) is 5.91 Å². The molecule has 2 nitrogen and oxygen atoms in total. The molecule has 1 aliphatic carbocycles. The molecule has 1 aliphatic rings. The van der Waals surface area contributed by atoms with Gasteiger partial charge in [-0.2, -0.15) is 13.2 Å². The Bertz CT molecular complexity index is 739. The predicted octanol–water partition coefficient (Wildman–Crippen LogP) is 4.76. The fourth-order valence-corrected chi connectivity index (χ4v) is 2.86. The Kier molecular flexibility index (Phi) is 3.88. The molecule has 2 atom stereocenters. The van der Waals surface area contributed by atoms with E-state index < -0.39 is 17.7 Å². The lowest BCUT2D eigenvalue weighted by molar-refractivity contribution is -0.138. The summed E-state index contributed by atoms with van der Waals surface area (Å²) in [5, 5.41) is 2.78. The number of hydrogen-bond donors (Lipinski definition) is 1. The fraction of sp³-hybridized carbons (Fsp3) is 0.278. The van der Waals surface area contributed by atoms with Crippen LogP contribution in [-0.2, 0) is 11.0 Å². The standard InChI is InChI=1S/C18H16F3NO/c1-11-5-4-6-12(9-11)22-17(23)15-10-14(15)13-7-2-3-8-16(13)18(19,20)21/h2-9,14-15H,10H2,1H3,(H,22,23). The minimum absolute atomic E-state index is 0.212. The smallest absolute Gasteiger partial charge is 0.326 e. The van der Waals surface area contributed by atoms with Gasteiger partial charge in [-0.25, -0.2) is 0 Å². The number of amides is 1. The van der Waals surface area contributed by atoms with Crippen molar-refractivity contribution in [3.8, 4) is 0 Å². The number of anilines is 1. The Morgan fingerprint density at radius 3 is 2.57 bits per heavy atom. The van der Waals surface area contributed by atoms with E-state index in [1.54, 1.807) is 12.1 Å². The van der Waals surface area contributed by atoms with E-state index in [4.69, 9.17) is 0 Å². The Labute approximate surface area is 132 Å². The molecule has 5 heteroatoms. The lowest BCUT2D eigenvalue weighted by Crippen LogP contribution is -2.15. The summed E-state index contributed by atoms with van der Waals surface area (Å²) in [7, 11) is 0. The van der Waals surface area contributed by atoms with Gasteiger partial charge >= 0.3 is 6.18 Å². The van der Waals surface area contributed by atoms with Gasteiger partial charge in [0.25, 0.3) is 0 Å². The van der Waals surface area contributed by atoms with Gasteiger partial charge in [-0.15, -0.1) is 0 Å². The molecule has 0 heterocycles. The maximum absolute atomic E-state index is 13.1. The van der Waals surface area contributed by atoms with E-state index in [1.165, 1.54) is 12.1 Å². The molecule has 0 aliphatic heterocycles. The van der Waals surface area contributed by atoms with Crippen molar-refractivity contribution in [2.75, 3.05) is 5.32 Å². The normalized spacial score (nSPS) is 20.2. The maximum Gasteiger partial charge on any atom is 0.416 e. The minimum Gasteiger partial charge on any atom is -0.326 e. The number of rotatable bonds is 3. The van der Waals surface area contributed by atoms with Crippen LogP contribution in [0.5, 0.6) is 0 Å². The molecule has 1 saturated carbocycles. The van der Waals surface area contributed by atoms with Crippen LogP contribution in [0.15, 0.2) is 48.5 Å². The van der Waals surface area contributed by atoms with Crippen LogP contribution in [0.4, 0.5) is 18.9 Å². The number of carbonyl (C=O) groups is 1. The Morgan fingerprint density at radius 1 is 1.13 bits per heavy atom. The zero-order chi connectivity index (χ0) is 16.6. The number of hydrogen-bond acceptors (Lipinski definition) is 1. The Morgan fingerprint density at radius 2 is 1.87 bits per heavy atom. The monoisotopic (exact) mass is 319 g/mol. The van der Waals surface area contributed by atoms with Crippen LogP contribution < -0.4 is 5.32 Å². The molecule has 3 rings (SSSR count). The molecule has 0 aromatic heterocycles. The molecule has 2 aromatic carbocycles. The molecule has 2 aromatic rings.